The molecule has 8 nitrogen and oxygen atoms in total. The number of aryl methyl sites for hydroxylation is 1. The van der Waals surface area contributed by atoms with Crippen LogP contribution in [0.25, 0.3) is 0 Å². The Balaban J connectivity index is 1.58. The summed E-state index contributed by atoms with van der Waals surface area (Å²) in [5.74, 6) is 1.05. The maximum absolute atomic E-state index is 12.6. The molecule has 0 bridgehead atoms. The zero-order valence-electron chi connectivity index (χ0n) is 18.4. The normalized spacial score (nSPS) is 11.5. The van der Waals surface area contributed by atoms with Crippen LogP contribution in [0.1, 0.15) is 41.2 Å². The molecule has 1 heterocycles. The van der Waals surface area contributed by atoms with Crippen LogP contribution in [0, 0.1) is 0 Å². The van der Waals surface area contributed by atoms with Crippen molar-refractivity contribution in [2.45, 2.75) is 38.8 Å². The molecule has 9 heteroatoms. The van der Waals surface area contributed by atoms with Crippen LogP contribution in [0.3, 0.4) is 0 Å². The smallest absolute Gasteiger partial charge is 0.251 e. The van der Waals surface area contributed by atoms with E-state index in [1.54, 1.807) is 56.4 Å². The molecule has 0 aliphatic carbocycles. The minimum atomic E-state index is -3.46. The number of aromatic nitrogens is 2. The van der Waals surface area contributed by atoms with Gasteiger partial charge in [0, 0.05) is 37.6 Å². The Labute approximate surface area is 188 Å². The second-order valence-corrected chi connectivity index (χ2v) is 9.50. The number of carbonyl (C=O) groups excluding carboxylic acids is 1. The molecule has 3 rings (SSSR count). The van der Waals surface area contributed by atoms with Gasteiger partial charge in [0.25, 0.3) is 5.91 Å². The molecule has 0 fully saturated rings. The molecule has 1 aromatic heterocycles. The highest BCUT2D eigenvalue weighted by Crippen LogP contribution is 2.15. The van der Waals surface area contributed by atoms with E-state index >= 15 is 0 Å². The van der Waals surface area contributed by atoms with Gasteiger partial charge >= 0.3 is 0 Å². The van der Waals surface area contributed by atoms with Crippen LogP contribution in [0.15, 0.2) is 60.9 Å². The van der Waals surface area contributed by atoms with Gasteiger partial charge in [-0.15, -0.1) is 0 Å². The Hall–Kier alpha value is -3.17. The lowest BCUT2D eigenvalue weighted by Gasteiger charge is -2.13. The summed E-state index contributed by atoms with van der Waals surface area (Å²) >= 11 is 0. The number of nitrogens with one attached hydrogen (secondary N) is 2. The molecule has 0 atom stereocenters. The number of imidazole rings is 1. The number of ether oxygens (including phenoxy) is 1. The molecule has 2 N–H and O–H groups in total. The van der Waals surface area contributed by atoms with Crippen LogP contribution in [-0.4, -0.2) is 29.9 Å². The molecule has 32 heavy (non-hydrogen) atoms. The van der Waals surface area contributed by atoms with Gasteiger partial charge in [0.05, 0.1) is 5.75 Å². The number of hydrogen-bond donors (Lipinski definition) is 2. The number of benzene rings is 2. The zero-order valence-corrected chi connectivity index (χ0v) is 19.2. The van der Waals surface area contributed by atoms with Crippen molar-refractivity contribution < 1.29 is 17.9 Å². The number of amides is 1. The van der Waals surface area contributed by atoms with E-state index in [-0.39, 0.29) is 24.2 Å². The quantitative estimate of drug-likeness (QED) is 0.488. The summed E-state index contributed by atoms with van der Waals surface area (Å²) in [5, 5.41) is 2.86. The van der Waals surface area contributed by atoms with Crippen LogP contribution >= 0.6 is 0 Å². The van der Waals surface area contributed by atoms with Crippen LogP contribution in [0.2, 0.25) is 0 Å². The van der Waals surface area contributed by atoms with E-state index < -0.39 is 10.0 Å². The fourth-order valence-corrected chi connectivity index (χ4v) is 4.63. The molecule has 1 amide bonds. The van der Waals surface area contributed by atoms with E-state index in [1.165, 1.54) is 0 Å². The number of nitrogens with zero attached hydrogens (tertiary/aromatic N) is 2. The molecule has 0 saturated heterocycles. The minimum absolute atomic E-state index is 0.140. The van der Waals surface area contributed by atoms with Gasteiger partial charge in [-0.1, -0.05) is 24.3 Å². The lowest BCUT2D eigenvalue weighted by atomic mass is 10.1. The molecular weight excluding hydrogens is 428 g/mol. The Morgan fingerprint density at radius 1 is 1.09 bits per heavy atom. The van der Waals surface area contributed by atoms with Crippen LogP contribution in [0.5, 0.6) is 5.75 Å². The van der Waals surface area contributed by atoms with Crippen LogP contribution in [0.4, 0.5) is 0 Å². The first-order valence-electron chi connectivity index (χ1n) is 10.3. The molecule has 3 aromatic rings. The molecule has 0 saturated carbocycles. The minimum Gasteiger partial charge on any atom is -0.486 e. The molecule has 0 radical (unpaired) electrons. The average Bonchev–Trinajstić information content (AvgIpc) is 3.15. The summed E-state index contributed by atoms with van der Waals surface area (Å²) in [6.07, 6.45) is 3.56. The summed E-state index contributed by atoms with van der Waals surface area (Å²) in [7, 11) is -1.56. The van der Waals surface area contributed by atoms with Crippen molar-refractivity contribution >= 4 is 15.9 Å². The van der Waals surface area contributed by atoms with Gasteiger partial charge in [0.2, 0.25) is 10.0 Å². The average molecular weight is 457 g/mol. The maximum atomic E-state index is 12.6. The van der Waals surface area contributed by atoms with Crippen molar-refractivity contribution in [2.75, 3.05) is 0 Å². The Bertz CT molecular complexity index is 1150. The molecule has 0 spiro atoms. The molecule has 0 aliphatic rings. The predicted octanol–water partition coefficient (Wildman–Crippen LogP) is 2.76. The highest BCUT2D eigenvalue weighted by Gasteiger charge is 2.16. The third-order valence-electron chi connectivity index (χ3n) is 4.72. The number of sulfonamides is 1. The molecular formula is C23H28N4O4S. The highest BCUT2D eigenvalue weighted by atomic mass is 32.2. The van der Waals surface area contributed by atoms with Crippen molar-refractivity contribution in [3.63, 3.8) is 0 Å². The van der Waals surface area contributed by atoms with Gasteiger partial charge in [-0.25, -0.2) is 18.1 Å². The van der Waals surface area contributed by atoms with Gasteiger partial charge in [-0.3, -0.25) is 4.79 Å². The lowest BCUT2D eigenvalue weighted by molar-refractivity contribution is 0.0951. The Kier molecular flexibility index (Phi) is 7.66. The predicted molar refractivity (Wildman–Crippen MR) is 122 cm³/mol. The van der Waals surface area contributed by atoms with Crippen molar-refractivity contribution in [3.8, 4) is 5.75 Å². The fraction of sp³-hybridized carbons (Fsp3) is 0.304. The Morgan fingerprint density at radius 3 is 2.41 bits per heavy atom. The number of rotatable bonds is 10. The number of hydrogen-bond acceptors (Lipinski definition) is 5. The van der Waals surface area contributed by atoms with Gasteiger partial charge in [-0.05, 0) is 49.2 Å². The van der Waals surface area contributed by atoms with E-state index in [0.29, 0.717) is 23.5 Å². The van der Waals surface area contributed by atoms with E-state index in [9.17, 15) is 13.2 Å². The first-order chi connectivity index (χ1) is 15.2. The van der Waals surface area contributed by atoms with Gasteiger partial charge < -0.3 is 14.6 Å². The van der Waals surface area contributed by atoms with Crippen molar-refractivity contribution in [2.24, 2.45) is 7.05 Å². The van der Waals surface area contributed by atoms with Crippen LogP contribution < -0.4 is 14.8 Å². The lowest BCUT2D eigenvalue weighted by Crippen LogP contribution is -2.31. The molecule has 2 aromatic carbocycles. The third-order valence-corrected chi connectivity index (χ3v) is 6.25. The number of carbonyl (C=O) groups is 1. The summed E-state index contributed by atoms with van der Waals surface area (Å²) in [6.45, 7) is 4.11. The van der Waals surface area contributed by atoms with Crippen molar-refractivity contribution in [3.05, 3.63) is 83.4 Å². The van der Waals surface area contributed by atoms with Gasteiger partial charge in [0.15, 0.2) is 0 Å². The summed E-state index contributed by atoms with van der Waals surface area (Å²) in [5.41, 5.74) is 1.89. The van der Waals surface area contributed by atoms with E-state index in [1.807, 2.05) is 29.9 Å². The summed E-state index contributed by atoms with van der Waals surface area (Å²) < 4.78 is 34.7. The van der Waals surface area contributed by atoms with Gasteiger partial charge in [0.1, 0.15) is 18.2 Å². The van der Waals surface area contributed by atoms with Gasteiger partial charge in [-0.2, -0.15) is 0 Å². The van der Waals surface area contributed by atoms with Crippen molar-refractivity contribution in [1.29, 1.82) is 0 Å². The highest BCUT2D eigenvalue weighted by molar-refractivity contribution is 7.88. The molecule has 170 valence electrons. The first kappa shape index (κ1) is 23.5. The molecule has 0 aliphatic heterocycles. The second kappa shape index (κ2) is 10.4. The topological polar surface area (TPSA) is 102 Å². The summed E-state index contributed by atoms with van der Waals surface area (Å²) in [4.78, 5) is 16.8. The molecule has 0 unspecified atom stereocenters. The standard InChI is InChI=1S/C23H28N4O4S/c1-17(2)26-32(29,30)16-20-7-5-4-6-19(20)14-25-23(28)18-8-10-21(11-9-18)31-15-22-24-12-13-27(22)3/h4-13,17,26H,14-16H2,1-3H3,(H,25,28). The van der Waals surface area contributed by atoms with E-state index in [2.05, 4.69) is 15.0 Å². The monoisotopic (exact) mass is 456 g/mol. The summed E-state index contributed by atoms with van der Waals surface area (Å²) in [6, 6.07) is 13.8. The van der Waals surface area contributed by atoms with Crippen LogP contribution in [-0.2, 0) is 36.0 Å². The Morgan fingerprint density at radius 2 is 1.78 bits per heavy atom. The SMILES string of the molecule is CC(C)NS(=O)(=O)Cc1ccccc1CNC(=O)c1ccc(OCc2nccn2C)cc1. The zero-order chi connectivity index (χ0) is 23.1. The third kappa shape index (κ3) is 6.66. The first-order valence-corrected chi connectivity index (χ1v) is 11.9. The fourth-order valence-electron chi connectivity index (χ4n) is 3.14. The maximum Gasteiger partial charge on any atom is 0.251 e. The second-order valence-electron chi connectivity index (χ2n) is 7.75. The van der Waals surface area contributed by atoms with E-state index in [4.69, 9.17) is 4.74 Å². The van der Waals surface area contributed by atoms with E-state index in [0.717, 1.165) is 11.4 Å². The largest absolute Gasteiger partial charge is 0.486 e. The van der Waals surface area contributed by atoms with Crippen molar-refractivity contribution in [1.82, 2.24) is 19.6 Å².